The van der Waals surface area contributed by atoms with Crippen molar-refractivity contribution in [2.45, 2.75) is 18.9 Å². The Morgan fingerprint density at radius 3 is 2.71 bits per heavy atom. The SMILES string of the molecule is COc1ccc(C2CCCN2C(=O)c2cc3ccccc3c(=O)s2)c(OC)c1. The molecule has 0 N–H and O–H groups in total. The van der Waals surface area contributed by atoms with Gasteiger partial charge in [0.15, 0.2) is 0 Å². The number of hydrogen-bond donors (Lipinski definition) is 0. The lowest BCUT2D eigenvalue weighted by atomic mass is 10.0. The van der Waals surface area contributed by atoms with Gasteiger partial charge < -0.3 is 14.4 Å². The van der Waals surface area contributed by atoms with E-state index in [0.717, 1.165) is 35.1 Å². The third kappa shape index (κ3) is 3.24. The molecule has 6 heteroatoms. The van der Waals surface area contributed by atoms with Gasteiger partial charge in [0.25, 0.3) is 5.91 Å². The molecule has 5 nitrogen and oxygen atoms in total. The molecular weight excluding hydrogens is 374 g/mol. The number of amides is 1. The second kappa shape index (κ2) is 7.64. The highest BCUT2D eigenvalue weighted by Crippen LogP contribution is 2.39. The number of fused-ring (bicyclic) bond motifs is 1. The number of carbonyl (C=O) groups excluding carboxylic acids is 1. The zero-order chi connectivity index (χ0) is 19.7. The minimum Gasteiger partial charge on any atom is -0.497 e. The summed E-state index contributed by atoms with van der Waals surface area (Å²) in [7, 11) is 3.23. The largest absolute Gasteiger partial charge is 0.497 e. The molecule has 3 aromatic rings. The van der Waals surface area contributed by atoms with Gasteiger partial charge in [0, 0.05) is 23.6 Å². The Kier molecular flexibility index (Phi) is 5.05. The van der Waals surface area contributed by atoms with Gasteiger partial charge in [-0.15, -0.1) is 0 Å². The third-order valence-corrected chi connectivity index (χ3v) is 6.11. The van der Waals surface area contributed by atoms with Gasteiger partial charge in [-0.1, -0.05) is 29.5 Å². The first-order valence-corrected chi connectivity index (χ1v) is 10.00. The van der Waals surface area contributed by atoms with Crippen molar-refractivity contribution in [1.29, 1.82) is 0 Å². The van der Waals surface area contributed by atoms with E-state index >= 15 is 0 Å². The maximum absolute atomic E-state index is 13.3. The van der Waals surface area contributed by atoms with Crippen LogP contribution in [0, 0.1) is 0 Å². The monoisotopic (exact) mass is 395 g/mol. The van der Waals surface area contributed by atoms with Gasteiger partial charge in [-0.3, -0.25) is 9.59 Å². The molecule has 1 fully saturated rings. The highest BCUT2D eigenvalue weighted by Gasteiger charge is 2.33. The molecule has 0 aliphatic carbocycles. The summed E-state index contributed by atoms with van der Waals surface area (Å²) in [6.07, 6.45) is 1.77. The van der Waals surface area contributed by atoms with Gasteiger partial charge in [-0.25, -0.2) is 0 Å². The van der Waals surface area contributed by atoms with Crippen LogP contribution in [-0.4, -0.2) is 31.6 Å². The molecule has 2 aromatic carbocycles. The molecule has 0 radical (unpaired) electrons. The van der Waals surface area contributed by atoms with Crippen molar-refractivity contribution in [1.82, 2.24) is 4.90 Å². The summed E-state index contributed by atoms with van der Waals surface area (Å²) in [5, 5.41) is 1.45. The summed E-state index contributed by atoms with van der Waals surface area (Å²) in [4.78, 5) is 28.1. The maximum Gasteiger partial charge on any atom is 0.264 e. The summed E-state index contributed by atoms with van der Waals surface area (Å²) in [6, 6.07) is 14.8. The van der Waals surface area contributed by atoms with Gasteiger partial charge in [0.1, 0.15) is 11.5 Å². The first-order valence-electron chi connectivity index (χ1n) is 9.18. The van der Waals surface area contributed by atoms with E-state index in [-0.39, 0.29) is 16.7 Å². The van der Waals surface area contributed by atoms with Crippen LogP contribution in [-0.2, 0) is 0 Å². The molecule has 1 aromatic heterocycles. The molecule has 144 valence electrons. The molecule has 0 saturated carbocycles. The topological polar surface area (TPSA) is 55.8 Å². The smallest absolute Gasteiger partial charge is 0.264 e. The van der Waals surface area contributed by atoms with Gasteiger partial charge in [-0.05, 0) is 42.5 Å². The van der Waals surface area contributed by atoms with Crippen molar-refractivity contribution < 1.29 is 14.3 Å². The molecular formula is C22H21NO4S. The third-order valence-electron chi connectivity index (χ3n) is 5.19. The predicted molar refractivity (Wildman–Crippen MR) is 111 cm³/mol. The Balaban J connectivity index is 1.71. The number of methoxy groups -OCH3 is 2. The molecule has 0 bridgehead atoms. The summed E-state index contributed by atoms with van der Waals surface area (Å²) >= 11 is 1.02. The number of likely N-dealkylation sites (tertiary alicyclic amines) is 1. The average Bonchev–Trinajstić information content (AvgIpc) is 3.22. The molecule has 1 aliphatic rings. The van der Waals surface area contributed by atoms with Gasteiger partial charge >= 0.3 is 0 Å². The van der Waals surface area contributed by atoms with Crippen molar-refractivity contribution in [3.63, 3.8) is 0 Å². The van der Waals surface area contributed by atoms with Crippen LogP contribution in [0.25, 0.3) is 10.8 Å². The first-order chi connectivity index (χ1) is 13.6. The summed E-state index contributed by atoms with van der Waals surface area (Å²) < 4.78 is 10.7. The number of rotatable bonds is 4. The van der Waals surface area contributed by atoms with E-state index < -0.39 is 0 Å². The molecule has 0 spiro atoms. The van der Waals surface area contributed by atoms with Gasteiger partial charge in [0.05, 0.1) is 25.1 Å². The number of ether oxygens (including phenoxy) is 2. The zero-order valence-electron chi connectivity index (χ0n) is 15.8. The number of carbonyl (C=O) groups is 1. The second-order valence-electron chi connectivity index (χ2n) is 6.75. The number of benzene rings is 2. The fraction of sp³-hybridized carbons (Fsp3) is 0.273. The summed E-state index contributed by atoms with van der Waals surface area (Å²) in [6.45, 7) is 0.659. The van der Waals surface area contributed by atoms with Gasteiger partial charge in [0.2, 0.25) is 4.74 Å². The Morgan fingerprint density at radius 2 is 1.93 bits per heavy atom. The van der Waals surface area contributed by atoms with E-state index in [1.807, 2.05) is 47.4 Å². The fourth-order valence-corrected chi connectivity index (χ4v) is 4.69. The van der Waals surface area contributed by atoms with E-state index in [2.05, 4.69) is 0 Å². The fourth-order valence-electron chi connectivity index (χ4n) is 3.81. The molecule has 1 amide bonds. The standard InChI is InChI=1S/C22H21NO4S/c1-26-15-9-10-17(19(13-15)27-2)18-8-5-11-23(18)21(24)20-12-14-6-3-4-7-16(14)22(25)28-20/h3-4,6-7,9-10,12-13,18H,5,8,11H2,1-2H3. The van der Waals surface area contributed by atoms with Crippen LogP contribution in [0.2, 0.25) is 0 Å². The molecule has 1 unspecified atom stereocenters. The van der Waals surface area contributed by atoms with Crippen molar-refractivity contribution in [3.8, 4) is 11.5 Å². The van der Waals surface area contributed by atoms with Crippen LogP contribution in [0.3, 0.4) is 0 Å². The maximum atomic E-state index is 13.3. The molecule has 1 saturated heterocycles. The molecule has 1 aliphatic heterocycles. The highest BCUT2D eigenvalue weighted by atomic mass is 32.1. The van der Waals surface area contributed by atoms with Crippen molar-refractivity contribution in [3.05, 3.63) is 68.5 Å². The molecule has 1 atom stereocenters. The lowest BCUT2D eigenvalue weighted by Crippen LogP contribution is -2.30. The molecule has 28 heavy (non-hydrogen) atoms. The minimum atomic E-state index is -0.103. The summed E-state index contributed by atoms with van der Waals surface area (Å²) in [5.74, 6) is 1.31. The van der Waals surface area contributed by atoms with Crippen LogP contribution in [0.1, 0.15) is 34.1 Å². The lowest BCUT2D eigenvalue weighted by Gasteiger charge is -2.26. The highest BCUT2D eigenvalue weighted by molar-refractivity contribution is 7.12. The Labute approximate surface area is 167 Å². The predicted octanol–water partition coefficient (Wildman–Crippen LogP) is 4.26. The second-order valence-corrected chi connectivity index (χ2v) is 7.76. The minimum absolute atomic E-state index is 0.0814. The van der Waals surface area contributed by atoms with Gasteiger partial charge in [-0.2, -0.15) is 0 Å². The number of hydrogen-bond acceptors (Lipinski definition) is 5. The Hall–Kier alpha value is -2.86. The Morgan fingerprint density at radius 1 is 1.11 bits per heavy atom. The van der Waals surface area contributed by atoms with Crippen molar-refractivity contribution >= 4 is 28.0 Å². The molecule has 4 rings (SSSR count). The van der Waals surface area contributed by atoms with Crippen molar-refractivity contribution in [2.24, 2.45) is 0 Å². The van der Waals surface area contributed by atoms with Crippen LogP contribution in [0.15, 0.2) is 53.3 Å². The van der Waals surface area contributed by atoms with E-state index in [1.54, 1.807) is 20.3 Å². The Bertz CT molecular complexity index is 1090. The number of nitrogens with zero attached hydrogens (tertiary/aromatic N) is 1. The summed E-state index contributed by atoms with van der Waals surface area (Å²) in [5.41, 5.74) is 0.960. The van der Waals surface area contributed by atoms with E-state index in [1.165, 1.54) is 0 Å². The van der Waals surface area contributed by atoms with E-state index in [9.17, 15) is 9.59 Å². The van der Waals surface area contributed by atoms with Crippen LogP contribution >= 0.6 is 11.3 Å². The van der Waals surface area contributed by atoms with Crippen LogP contribution in [0.4, 0.5) is 0 Å². The van der Waals surface area contributed by atoms with E-state index in [4.69, 9.17) is 9.47 Å². The van der Waals surface area contributed by atoms with Crippen LogP contribution in [0.5, 0.6) is 11.5 Å². The quantitative estimate of drug-likeness (QED) is 0.662. The lowest BCUT2D eigenvalue weighted by molar-refractivity contribution is 0.0739. The molecule has 2 heterocycles. The van der Waals surface area contributed by atoms with Crippen molar-refractivity contribution in [2.75, 3.05) is 20.8 Å². The first kappa shape index (κ1) is 18.5. The zero-order valence-corrected chi connectivity index (χ0v) is 16.6. The average molecular weight is 395 g/mol. The normalized spacial score (nSPS) is 16.4. The van der Waals surface area contributed by atoms with Crippen LogP contribution < -0.4 is 14.2 Å². The van der Waals surface area contributed by atoms with E-state index in [0.29, 0.717) is 28.3 Å².